The van der Waals surface area contributed by atoms with E-state index in [0.717, 1.165) is 5.56 Å². The van der Waals surface area contributed by atoms with E-state index >= 15 is 0 Å². The fourth-order valence-electron chi connectivity index (χ4n) is 1.88. The lowest BCUT2D eigenvalue weighted by molar-refractivity contribution is -0.119. The molecule has 0 amide bonds. The van der Waals surface area contributed by atoms with Crippen molar-refractivity contribution in [2.24, 2.45) is 0 Å². The summed E-state index contributed by atoms with van der Waals surface area (Å²) in [6.07, 6.45) is -4.23. The lowest BCUT2D eigenvalue weighted by atomic mass is 10.2. The molecule has 7 heteroatoms. The average molecular weight is 325 g/mol. The number of rotatable bonds is 8. The lowest BCUT2D eigenvalue weighted by Gasteiger charge is -2.25. The first-order valence-electron chi connectivity index (χ1n) is 6.67. The summed E-state index contributed by atoms with van der Waals surface area (Å²) >= 11 is 6.14. The van der Waals surface area contributed by atoms with Crippen molar-refractivity contribution in [2.45, 2.75) is 19.6 Å². The highest BCUT2D eigenvalue weighted by molar-refractivity contribution is 6.31. The Hall–Kier alpha value is -0.980. The molecular weight excluding hydrogens is 305 g/mol. The Morgan fingerprint density at radius 3 is 2.57 bits per heavy atom. The van der Waals surface area contributed by atoms with Crippen LogP contribution in [0.15, 0.2) is 18.2 Å². The molecule has 1 N–H and O–H groups in total. The van der Waals surface area contributed by atoms with Gasteiger partial charge >= 0.3 is 6.18 Å². The number of halogens is 4. The summed E-state index contributed by atoms with van der Waals surface area (Å²) in [5.41, 5.74) is 1.32. The fraction of sp³-hybridized carbons (Fsp3) is 0.571. The SMILES string of the molecule is CCN(CC(F)(F)F)c1ccc(CNCCOC)c(Cl)c1. The maximum absolute atomic E-state index is 12.5. The van der Waals surface area contributed by atoms with Crippen molar-refractivity contribution in [1.29, 1.82) is 0 Å². The molecule has 0 aliphatic carbocycles. The number of alkyl halides is 3. The molecule has 1 aromatic rings. The molecule has 120 valence electrons. The van der Waals surface area contributed by atoms with Gasteiger partial charge in [-0.05, 0) is 24.6 Å². The third kappa shape index (κ3) is 6.54. The molecule has 0 aliphatic rings. The molecule has 0 saturated heterocycles. The number of methoxy groups -OCH3 is 1. The first kappa shape index (κ1) is 18.1. The van der Waals surface area contributed by atoms with Crippen molar-refractivity contribution in [2.75, 3.05) is 38.3 Å². The van der Waals surface area contributed by atoms with E-state index in [0.29, 0.717) is 30.4 Å². The quantitative estimate of drug-likeness (QED) is 0.741. The van der Waals surface area contributed by atoms with Crippen LogP contribution in [0.2, 0.25) is 5.02 Å². The third-order valence-electron chi connectivity index (χ3n) is 2.95. The van der Waals surface area contributed by atoms with Crippen LogP contribution in [-0.4, -0.2) is 39.5 Å². The Kier molecular flexibility index (Phi) is 7.28. The van der Waals surface area contributed by atoms with E-state index < -0.39 is 12.7 Å². The van der Waals surface area contributed by atoms with Crippen LogP contribution in [0, 0.1) is 0 Å². The number of hydrogen-bond donors (Lipinski definition) is 1. The van der Waals surface area contributed by atoms with Gasteiger partial charge in [-0.15, -0.1) is 0 Å². The maximum Gasteiger partial charge on any atom is 0.405 e. The van der Waals surface area contributed by atoms with Gasteiger partial charge in [0.25, 0.3) is 0 Å². The fourth-order valence-corrected chi connectivity index (χ4v) is 2.12. The minimum atomic E-state index is -4.23. The molecule has 3 nitrogen and oxygen atoms in total. The van der Waals surface area contributed by atoms with Crippen LogP contribution in [0.3, 0.4) is 0 Å². The highest BCUT2D eigenvalue weighted by atomic mass is 35.5. The summed E-state index contributed by atoms with van der Waals surface area (Å²) in [6, 6.07) is 4.98. The molecule has 0 unspecified atom stereocenters. The van der Waals surface area contributed by atoms with Gasteiger partial charge in [0.2, 0.25) is 0 Å². The molecule has 0 fully saturated rings. The molecule has 1 aromatic carbocycles. The van der Waals surface area contributed by atoms with Crippen LogP contribution in [0.4, 0.5) is 18.9 Å². The van der Waals surface area contributed by atoms with Crippen molar-refractivity contribution in [3.63, 3.8) is 0 Å². The predicted octanol–water partition coefficient (Wildman–Crippen LogP) is 3.46. The Balaban J connectivity index is 2.71. The van der Waals surface area contributed by atoms with Gasteiger partial charge in [0.05, 0.1) is 6.61 Å². The summed E-state index contributed by atoms with van der Waals surface area (Å²) in [5.74, 6) is 0. The molecule has 1 rings (SSSR count). The van der Waals surface area contributed by atoms with E-state index in [1.807, 2.05) is 0 Å². The van der Waals surface area contributed by atoms with Gasteiger partial charge in [0.15, 0.2) is 0 Å². The van der Waals surface area contributed by atoms with Crippen LogP contribution in [0.1, 0.15) is 12.5 Å². The molecule has 0 aromatic heterocycles. The molecule has 0 radical (unpaired) electrons. The van der Waals surface area contributed by atoms with Crippen LogP contribution >= 0.6 is 11.6 Å². The Bertz CT molecular complexity index is 441. The first-order chi connectivity index (χ1) is 9.87. The maximum atomic E-state index is 12.5. The standard InChI is InChI=1S/C14H20ClF3N2O/c1-3-20(10-14(16,17)18)12-5-4-11(13(15)8-12)9-19-6-7-21-2/h4-5,8,19H,3,6-7,9-10H2,1-2H3. The average Bonchev–Trinajstić information content (AvgIpc) is 2.41. The van der Waals surface area contributed by atoms with Crippen molar-refractivity contribution in [1.82, 2.24) is 5.32 Å². The summed E-state index contributed by atoms with van der Waals surface area (Å²) < 4.78 is 42.4. The van der Waals surface area contributed by atoms with E-state index in [1.165, 1.54) is 4.90 Å². The van der Waals surface area contributed by atoms with Gasteiger partial charge in [-0.25, -0.2) is 0 Å². The van der Waals surface area contributed by atoms with Crippen LogP contribution in [0.25, 0.3) is 0 Å². The van der Waals surface area contributed by atoms with Gasteiger partial charge in [-0.3, -0.25) is 0 Å². The van der Waals surface area contributed by atoms with Crippen LogP contribution in [-0.2, 0) is 11.3 Å². The van der Waals surface area contributed by atoms with Gasteiger partial charge in [-0.2, -0.15) is 13.2 Å². The molecule has 0 spiro atoms. The minimum Gasteiger partial charge on any atom is -0.383 e. The van der Waals surface area contributed by atoms with Crippen molar-refractivity contribution in [3.05, 3.63) is 28.8 Å². The first-order valence-corrected chi connectivity index (χ1v) is 7.05. The molecule has 0 heterocycles. The minimum absolute atomic E-state index is 0.265. The summed E-state index contributed by atoms with van der Waals surface area (Å²) in [5, 5.41) is 3.60. The molecule has 0 atom stereocenters. The monoisotopic (exact) mass is 324 g/mol. The smallest absolute Gasteiger partial charge is 0.383 e. The van der Waals surface area contributed by atoms with Crippen molar-refractivity contribution >= 4 is 17.3 Å². The van der Waals surface area contributed by atoms with E-state index in [1.54, 1.807) is 32.2 Å². The molecule has 0 bridgehead atoms. The molecule has 0 aliphatic heterocycles. The molecule has 21 heavy (non-hydrogen) atoms. The Morgan fingerprint density at radius 2 is 2.05 bits per heavy atom. The number of nitrogens with zero attached hydrogens (tertiary/aromatic N) is 1. The third-order valence-corrected chi connectivity index (χ3v) is 3.30. The topological polar surface area (TPSA) is 24.5 Å². The summed E-state index contributed by atoms with van der Waals surface area (Å²) in [6.45, 7) is 2.79. The largest absolute Gasteiger partial charge is 0.405 e. The van der Waals surface area contributed by atoms with Gasteiger partial charge in [0, 0.05) is 37.5 Å². The van der Waals surface area contributed by atoms with Gasteiger partial charge in [0.1, 0.15) is 6.54 Å². The zero-order chi connectivity index (χ0) is 15.9. The zero-order valence-electron chi connectivity index (χ0n) is 12.1. The van der Waals surface area contributed by atoms with Crippen molar-refractivity contribution < 1.29 is 17.9 Å². The lowest BCUT2D eigenvalue weighted by Crippen LogP contribution is -2.34. The Labute approximate surface area is 128 Å². The number of ether oxygens (including phenoxy) is 1. The zero-order valence-corrected chi connectivity index (χ0v) is 12.9. The summed E-state index contributed by atoms with van der Waals surface area (Å²) in [7, 11) is 1.61. The molecule has 0 saturated carbocycles. The number of anilines is 1. The summed E-state index contributed by atoms with van der Waals surface area (Å²) in [4.78, 5) is 1.24. The van der Waals surface area contributed by atoms with E-state index in [-0.39, 0.29) is 6.54 Å². The highest BCUT2D eigenvalue weighted by Gasteiger charge is 2.30. The number of hydrogen-bond acceptors (Lipinski definition) is 3. The number of benzene rings is 1. The van der Waals surface area contributed by atoms with Gasteiger partial charge in [-0.1, -0.05) is 17.7 Å². The second kappa shape index (κ2) is 8.46. The predicted molar refractivity (Wildman–Crippen MR) is 79.0 cm³/mol. The van der Waals surface area contributed by atoms with Crippen LogP contribution in [0.5, 0.6) is 0 Å². The second-order valence-corrected chi connectivity index (χ2v) is 4.98. The molecular formula is C14H20ClF3N2O. The van der Waals surface area contributed by atoms with E-state index in [4.69, 9.17) is 16.3 Å². The van der Waals surface area contributed by atoms with E-state index in [2.05, 4.69) is 5.32 Å². The van der Waals surface area contributed by atoms with Crippen molar-refractivity contribution in [3.8, 4) is 0 Å². The highest BCUT2D eigenvalue weighted by Crippen LogP contribution is 2.26. The van der Waals surface area contributed by atoms with Gasteiger partial charge < -0.3 is 15.0 Å². The number of nitrogens with one attached hydrogen (secondary N) is 1. The van der Waals surface area contributed by atoms with Crippen LogP contribution < -0.4 is 10.2 Å². The van der Waals surface area contributed by atoms with E-state index in [9.17, 15) is 13.2 Å². The second-order valence-electron chi connectivity index (χ2n) is 4.57. The Morgan fingerprint density at radius 1 is 1.33 bits per heavy atom. The normalized spacial score (nSPS) is 11.7.